The smallest absolute Gasteiger partial charge is 0.283 e. The first-order valence-corrected chi connectivity index (χ1v) is 12.1. The van der Waals surface area contributed by atoms with Crippen LogP contribution in [0.15, 0.2) is 30.6 Å². The number of aromatic amines is 1. The van der Waals surface area contributed by atoms with Crippen molar-refractivity contribution < 1.29 is 19.5 Å². The fourth-order valence-electron chi connectivity index (χ4n) is 5.67. The minimum absolute atomic E-state index is 0.127. The molecule has 0 spiro atoms. The molecule has 1 aliphatic rings. The first-order valence-electron chi connectivity index (χ1n) is 12.1. The number of carbonyl (C=O) groups is 1. The van der Waals surface area contributed by atoms with Crippen molar-refractivity contribution in [3.8, 4) is 22.8 Å². The fraction of sp³-hybridized carbons (Fsp3) is 0.333. The molecular weight excluding hydrogens is 458 g/mol. The predicted octanol–water partition coefficient (Wildman–Crippen LogP) is 4.46. The molecule has 186 valence electrons. The van der Waals surface area contributed by atoms with Gasteiger partial charge in [-0.15, -0.1) is 0 Å². The third-order valence-electron chi connectivity index (χ3n) is 7.23. The number of benzene rings is 2. The largest absolute Gasteiger partial charge is 0.494 e. The van der Waals surface area contributed by atoms with Crippen LogP contribution in [-0.4, -0.2) is 56.2 Å². The average molecular weight is 488 g/mol. The second kappa shape index (κ2) is 8.03. The molecule has 0 saturated carbocycles. The SMILES string of the molecule is CON(C)C(=O)COc1ccc2c(c1)c1c3c[nH]c(O)c3c3c(c1n2C(C)C)CCc1nn(C)cc1-3. The molecule has 0 aliphatic heterocycles. The number of aromatic hydroxyl groups is 1. The van der Waals surface area contributed by atoms with E-state index in [1.807, 2.05) is 36.3 Å². The van der Waals surface area contributed by atoms with Crippen molar-refractivity contribution in [2.24, 2.45) is 7.05 Å². The number of hydrogen-bond acceptors (Lipinski definition) is 5. The summed E-state index contributed by atoms with van der Waals surface area (Å²) in [6.07, 6.45) is 5.61. The first-order chi connectivity index (χ1) is 17.3. The minimum atomic E-state index is -0.276. The maximum Gasteiger partial charge on any atom is 0.283 e. The molecule has 0 fully saturated rings. The van der Waals surface area contributed by atoms with E-state index < -0.39 is 0 Å². The number of hydrogen-bond donors (Lipinski definition) is 2. The molecular formula is C27H29N5O4. The second-order valence-electron chi connectivity index (χ2n) is 9.67. The lowest BCUT2D eigenvalue weighted by molar-refractivity contribution is -0.170. The molecule has 0 unspecified atom stereocenters. The van der Waals surface area contributed by atoms with Gasteiger partial charge in [-0.25, -0.2) is 5.06 Å². The zero-order valence-electron chi connectivity index (χ0n) is 21.0. The Hall–Kier alpha value is -3.98. The number of ether oxygens (including phenoxy) is 1. The van der Waals surface area contributed by atoms with Crippen molar-refractivity contribution in [2.45, 2.75) is 32.7 Å². The van der Waals surface area contributed by atoms with Gasteiger partial charge in [-0.1, -0.05) is 0 Å². The first kappa shape index (κ1) is 22.5. The van der Waals surface area contributed by atoms with Crippen molar-refractivity contribution in [1.82, 2.24) is 24.4 Å². The van der Waals surface area contributed by atoms with E-state index in [9.17, 15) is 9.90 Å². The summed E-state index contributed by atoms with van der Waals surface area (Å²) >= 11 is 0. The minimum Gasteiger partial charge on any atom is -0.494 e. The van der Waals surface area contributed by atoms with E-state index in [1.165, 1.54) is 18.2 Å². The highest BCUT2D eigenvalue weighted by atomic mass is 16.7. The number of H-pyrrole nitrogens is 1. The number of nitrogens with zero attached hydrogens (tertiary/aromatic N) is 4. The van der Waals surface area contributed by atoms with Gasteiger partial charge in [-0.2, -0.15) is 5.10 Å². The molecule has 5 aromatic rings. The summed E-state index contributed by atoms with van der Waals surface area (Å²) in [4.78, 5) is 20.2. The van der Waals surface area contributed by atoms with Gasteiger partial charge in [0, 0.05) is 65.3 Å². The number of hydroxylamine groups is 2. The highest BCUT2D eigenvalue weighted by Crippen LogP contribution is 2.49. The molecule has 2 N–H and O–H groups in total. The maximum atomic E-state index is 12.2. The Morgan fingerprint density at radius 2 is 2.06 bits per heavy atom. The van der Waals surface area contributed by atoms with Crippen molar-refractivity contribution in [3.05, 3.63) is 41.9 Å². The number of rotatable bonds is 5. The molecule has 3 heterocycles. The monoisotopic (exact) mass is 487 g/mol. The molecule has 9 nitrogen and oxygen atoms in total. The molecule has 36 heavy (non-hydrogen) atoms. The van der Waals surface area contributed by atoms with Gasteiger partial charge < -0.3 is 19.4 Å². The Balaban J connectivity index is 1.65. The van der Waals surface area contributed by atoms with Gasteiger partial charge in [0.2, 0.25) is 0 Å². The van der Waals surface area contributed by atoms with E-state index in [1.54, 1.807) is 7.05 Å². The molecule has 0 bridgehead atoms. The molecule has 1 amide bonds. The Labute approximate surface area is 207 Å². The Kier molecular flexibility index (Phi) is 5.01. The van der Waals surface area contributed by atoms with Gasteiger partial charge in [-0.05, 0) is 50.5 Å². The van der Waals surface area contributed by atoms with Crippen LogP contribution in [0.2, 0.25) is 0 Å². The van der Waals surface area contributed by atoms with Gasteiger partial charge in [0.25, 0.3) is 5.91 Å². The Morgan fingerprint density at radius 3 is 2.81 bits per heavy atom. The zero-order valence-corrected chi connectivity index (χ0v) is 21.0. The number of nitrogens with one attached hydrogen (secondary N) is 1. The highest BCUT2D eigenvalue weighted by molar-refractivity contribution is 6.26. The average Bonchev–Trinajstić information content (AvgIpc) is 3.53. The third kappa shape index (κ3) is 3.12. The molecule has 0 saturated heterocycles. The quantitative estimate of drug-likeness (QED) is 0.357. The molecule has 0 radical (unpaired) electrons. The summed E-state index contributed by atoms with van der Waals surface area (Å²) in [5.41, 5.74) is 6.66. The van der Waals surface area contributed by atoms with Crippen molar-refractivity contribution in [3.63, 3.8) is 0 Å². The Morgan fingerprint density at radius 1 is 1.25 bits per heavy atom. The predicted molar refractivity (Wildman–Crippen MR) is 138 cm³/mol. The van der Waals surface area contributed by atoms with Crippen LogP contribution >= 0.6 is 0 Å². The number of amides is 1. The standard InChI is InChI=1S/C27H29N5O4/c1-14(2)32-21-9-6-15(36-13-22(33)31(4)35-5)10-17(21)24-18-11-28-27(34)25(18)23-16(26(24)32)7-8-20-19(23)12-30(3)29-20/h6,9-12,14,28,34H,7-8,13H2,1-5H3. The molecule has 3 aromatic heterocycles. The number of fused-ring (bicyclic) bond motifs is 10. The van der Waals surface area contributed by atoms with E-state index in [0.29, 0.717) is 5.75 Å². The van der Waals surface area contributed by atoms with Crippen LogP contribution in [0.25, 0.3) is 43.7 Å². The van der Waals surface area contributed by atoms with Crippen LogP contribution in [0.3, 0.4) is 0 Å². The number of carbonyl (C=O) groups excluding carboxylic acids is 1. The van der Waals surface area contributed by atoms with Crippen LogP contribution in [0.4, 0.5) is 0 Å². The lowest BCUT2D eigenvalue weighted by atomic mass is 9.85. The van der Waals surface area contributed by atoms with Gasteiger partial charge in [-0.3, -0.25) is 14.3 Å². The van der Waals surface area contributed by atoms with Crippen LogP contribution in [0.1, 0.15) is 31.1 Å². The zero-order chi connectivity index (χ0) is 25.3. The number of aryl methyl sites for hydroxylation is 3. The van der Waals surface area contributed by atoms with Gasteiger partial charge in [0.05, 0.1) is 23.7 Å². The molecule has 9 heteroatoms. The summed E-state index contributed by atoms with van der Waals surface area (Å²) in [6, 6.07) is 6.15. The normalized spacial score (nSPS) is 13.1. The number of likely N-dealkylation sites (N-methyl/N-ethyl adjacent to an activating group) is 1. The van der Waals surface area contributed by atoms with Crippen LogP contribution in [-0.2, 0) is 29.5 Å². The van der Waals surface area contributed by atoms with Crippen molar-refractivity contribution in [2.75, 3.05) is 20.8 Å². The fourth-order valence-corrected chi connectivity index (χ4v) is 5.67. The molecule has 0 atom stereocenters. The molecule has 2 aromatic carbocycles. The number of aromatic nitrogens is 4. The van der Waals surface area contributed by atoms with Crippen LogP contribution in [0, 0.1) is 0 Å². The maximum absolute atomic E-state index is 12.2. The summed E-state index contributed by atoms with van der Waals surface area (Å²) in [6.45, 7) is 4.25. The van der Waals surface area contributed by atoms with E-state index in [2.05, 4.69) is 34.6 Å². The van der Waals surface area contributed by atoms with Gasteiger partial charge in [0.15, 0.2) is 12.5 Å². The van der Waals surface area contributed by atoms with Gasteiger partial charge in [0.1, 0.15) is 5.75 Å². The van der Waals surface area contributed by atoms with Crippen LogP contribution < -0.4 is 4.74 Å². The van der Waals surface area contributed by atoms with E-state index >= 15 is 0 Å². The summed E-state index contributed by atoms with van der Waals surface area (Å²) in [5.74, 6) is 0.482. The lowest BCUT2D eigenvalue weighted by Crippen LogP contribution is -2.30. The van der Waals surface area contributed by atoms with E-state index in [-0.39, 0.29) is 24.4 Å². The lowest BCUT2D eigenvalue weighted by Gasteiger charge is -2.21. The van der Waals surface area contributed by atoms with Crippen molar-refractivity contribution >= 4 is 38.5 Å². The van der Waals surface area contributed by atoms with E-state index in [4.69, 9.17) is 9.57 Å². The van der Waals surface area contributed by atoms with Crippen molar-refractivity contribution in [1.29, 1.82) is 0 Å². The van der Waals surface area contributed by atoms with E-state index in [0.717, 1.165) is 61.8 Å². The summed E-state index contributed by atoms with van der Waals surface area (Å²) < 4.78 is 10.1. The highest BCUT2D eigenvalue weighted by Gasteiger charge is 2.30. The molecule has 1 aliphatic carbocycles. The second-order valence-corrected chi connectivity index (χ2v) is 9.67. The Bertz CT molecular complexity index is 1670. The third-order valence-corrected chi connectivity index (χ3v) is 7.23. The summed E-state index contributed by atoms with van der Waals surface area (Å²) in [7, 11) is 4.93. The summed E-state index contributed by atoms with van der Waals surface area (Å²) in [5, 5.41) is 20.6. The van der Waals surface area contributed by atoms with Gasteiger partial charge >= 0.3 is 0 Å². The molecule has 6 rings (SSSR count). The van der Waals surface area contributed by atoms with Crippen LogP contribution in [0.5, 0.6) is 11.6 Å². The topological polar surface area (TPSA) is 97.5 Å².